The molecule has 0 radical (unpaired) electrons. The predicted octanol–water partition coefficient (Wildman–Crippen LogP) is 2.68. The Morgan fingerprint density at radius 1 is 1.28 bits per heavy atom. The number of methoxy groups -OCH3 is 1. The van der Waals surface area contributed by atoms with E-state index in [-0.39, 0.29) is 17.6 Å². The summed E-state index contributed by atoms with van der Waals surface area (Å²) in [6.07, 6.45) is 0. The zero-order valence-corrected chi connectivity index (χ0v) is 15.0. The molecule has 0 aliphatic rings. The summed E-state index contributed by atoms with van der Waals surface area (Å²) in [6, 6.07) is 7.19. The molecule has 134 valence electrons. The number of ether oxygens (including phenoxy) is 1. The lowest BCUT2D eigenvalue weighted by Crippen LogP contribution is -2.37. The van der Waals surface area contributed by atoms with Crippen LogP contribution in [0.3, 0.4) is 0 Å². The maximum Gasteiger partial charge on any atom is 0.325 e. The summed E-state index contributed by atoms with van der Waals surface area (Å²) in [5, 5.41) is 4.37. The molecule has 2 aromatic rings. The Morgan fingerprint density at radius 2 is 1.96 bits per heavy atom. The fourth-order valence-electron chi connectivity index (χ4n) is 2.29. The van der Waals surface area contributed by atoms with E-state index >= 15 is 0 Å². The van der Waals surface area contributed by atoms with Crippen LogP contribution in [0.4, 0.5) is 10.1 Å². The first-order chi connectivity index (χ1) is 11.6. The molecule has 6 nitrogen and oxygen atoms in total. The van der Waals surface area contributed by atoms with Gasteiger partial charge in [-0.15, -0.1) is 0 Å². The van der Waals surface area contributed by atoms with E-state index in [4.69, 9.17) is 0 Å². The molecule has 25 heavy (non-hydrogen) atoms. The van der Waals surface area contributed by atoms with Crippen molar-refractivity contribution in [3.05, 3.63) is 47.5 Å². The number of hydrogen-bond acceptors (Lipinski definition) is 4. The van der Waals surface area contributed by atoms with Crippen molar-refractivity contribution in [1.29, 1.82) is 0 Å². The molecule has 0 unspecified atom stereocenters. The van der Waals surface area contributed by atoms with Crippen LogP contribution in [0, 0.1) is 5.82 Å². The highest BCUT2D eigenvalue weighted by atomic mass is 19.1. The van der Waals surface area contributed by atoms with Crippen LogP contribution in [0.1, 0.15) is 37.0 Å². The van der Waals surface area contributed by atoms with Gasteiger partial charge in [0.15, 0.2) is 0 Å². The highest BCUT2D eigenvalue weighted by Crippen LogP contribution is 2.24. The molecule has 0 fully saturated rings. The average Bonchev–Trinajstić information content (AvgIpc) is 2.93. The number of halogens is 1. The number of anilines is 1. The van der Waals surface area contributed by atoms with Gasteiger partial charge in [-0.3, -0.25) is 19.2 Å². The number of carbonyl (C=O) groups is 2. The fourth-order valence-corrected chi connectivity index (χ4v) is 2.29. The molecule has 1 heterocycles. The van der Waals surface area contributed by atoms with Gasteiger partial charge in [0.25, 0.3) is 5.91 Å². The van der Waals surface area contributed by atoms with E-state index in [0.717, 1.165) is 5.69 Å². The summed E-state index contributed by atoms with van der Waals surface area (Å²) >= 11 is 0. The number of carbonyl (C=O) groups excluding carboxylic acids is 2. The van der Waals surface area contributed by atoms with Crippen molar-refractivity contribution in [3.63, 3.8) is 0 Å². The highest BCUT2D eigenvalue weighted by Gasteiger charge is 2.27. The average molecular weight is 347 g/mol. The Labute approximate surface area is 146 Å². The minimum absolute atomic E-state index is 0.234. The molecule has 0 atom stereocenters. The van der Waals surface area contributed by atoms with Crippen molar-refractivity contribution in [2.75, 3.05) is 18.6 Å². The largest absolute Gasteiger partial charge is 0.468 e. The molecule has 1 aromatic carbocycles. The van der Waals surface area contributed by atoms with Crippen molar-refractivity contribution < 1.29 is 18.7 Å². The first-order valence-corrected chi connectivity index (χ1v) is 7.82. The fraction of sp³-hybridized carbons (Fsp3) is 0.389. The summed E-state index contributed by atoms with van der Waals surface area (Å²) in [7, 11) is 2.89. The second-order valence-corrected chi connectivity index (χ2v) is 6.74. The lowest BCUT2D eigenvalue weighted by molar-refractivity contribution is -0.138. The Kier molecular flexibility index (Phi) is 5.25. The van der Waals surface area contributed by atoms with Gasteiger partial charge in [0.05, 0.1) is 12.8 Å². The monoisotopic (exact) mass is 347 g/mol. The molecular weight excluding hydrogens is 325 g/mol. The first kappa shape index (κ1) is 18.6. The molecule has 1 aromatic heterocycles. The second kappa shape index (κ2) is 7.04. The quantitative estimate of drug-likeness (QED) is 0.798. The van der Waals surface area contributed by atoms with Gasteiger partial charge in [0, 0.05) is 18.2 Å². The van der Waals surface area contributed by atoms with E-state index in [0.29, 0.717) is 5.69 Å². The van der Waals surface area contributed by atoms with E-state index in [1.165, 1.54) is 34.9 Å². The number of esters is 1. The van der Waals surface area contributed by atoms with Crippen LogP contribution >= 0.6 is 0 Å². The molecule has 1 amide bonds. The maximum atomic E-state index is 13.6. The van der Waals surface area contributed by atoms with Gasteiger partial charge in [0.2, 0.25) is 0 Å². The molecular formula is C18H22FN3O3. The number of aryl methyl sites for hydroxylation is 1. The van der Waals surface area contributed by atoms with Crippen molar-refractivity contribution in [2.45, 2.75) is 26.2 Å². The Morgan fingerprint density at radius 3 is 2.48 bits per heavy atom. The summed E-state index contributed by atoms with van der Waals surface area (Å²) in [6.45, 7) is 5.64. The summed E-state index contributed by atoms with van der Waals surface area (Å²) in [4.78, 5) is 25.9. The maximum absolute atomic E-state index is 13.6. The van der Waals surface area contributed by atoms with Crippen LogP contribution < -0.4 is 4.90 Å². The van der Waals surface area contributed by atoms with Crippen molar-refractivity contribution in [3.8, 4) is 0 Å². The van der Waals surface area contributed by atoms with E-state index in [2.05, 4.69) is 9.84 Å². The standard InChI is InChI=1S/C18H22FN3O3/c1-18(2,3)15-10-14(21(4)20-15)17(24)22(11-16(23)25-5)13-8-6-7-12(19)9-13/h6-10H,11H2,1-5H3. The number of benzene rings is 1. The minimum Gasteiger partial charge on any atom is -0.468 e. The van der Waals surface area contributed by atoms with Gasteiger partial charge in [-0.1, -0.05) is 26.8 Å². The number of nitrogens with zero attached hydrogens (tertiary/aromatic N) is 3. The number of hydrogen-bond donors (Lipinski definition) is 0. The Hall–Kier alpha value is -2.70. The van der Waals surface area contributed by atoms with Crippen LogP contribution in [0.5, 0.6) is 0 Å². The van der Waals surface area contributed by atoms with Crippen molar-refractivity contribution >= 4 is 17.6 Å². The topological polar surface area (TPSA) is 64.4 Å². The summed E-state index contributed by atoms with van der Waals surface area (Å²) in [5.74, 6) is -1.56. The van der Waals surface area contributed by atoms with Crippen LogP contribution in [0.25, 0.3) is 0 Å². The van der Waals surface area contributed by atoms with E-state index < -0.39 is 17.7 Å². The van der Waals surface area contributed by atoms with Gasteiger partial charge in [0.1, 0.15) is 18.1 Å². The second-order valence-electron chi connectivity index (χ2n) is 6.74. The third-order valence-electron chi connectivity index (χ3n) is 3.75. The van der Waals surface area contributed by atoms with Gasteiger partial charge >= 0.3 is 5.97 Å². The van der Waals surface area contributed by atoms with Gasteiger partial charge in [-0.2, -0.15) is 5.10 Å². The lowest BCUT2D eigenvalue weighted by Gasteiger charge is -2.21. The van der Waals surface area contributed by atoms with Crippen LogP contribution in [-0.2, 0) is 22.0 Å². The molecule has 0 aliphatic heterocycles. The van der Waals surface area contributed by atoms with E-state index in [1.807, 2.05) is 20.8 Å². The zero-order chi connectivity index (χ0) is 18.8. The van der Waals surface area contributed by atoms with E-state index in [9.17, 15) is 14.0 Å². The smallest absolute Gasteiger partial charge is 0.325 e. The molecule has 0 bridgehead atoms. The molecule has 0 saturated carbocycles. The van der Waals surface area contributed by atoms with Crippen LogP contribution in [0.15, 0.2) is 30.3 Å². The normalized spacial score (nSPS) is 11.3. The first-order valence-electron chi connectivity index (χ1n) is 7.82. The molecule has 0 N–H and O–H groups in total. The van der Waals surface area contributed by atoms with Crippen molar-refractivity contribution in [2.24, 2.45) is 7.05 Å². The van der Waals surface area contributed by atoms with Gasteiger partial charge in [-0.05, 0) is 24.3 Å². The number of aromatic nitrogens is 2. The molecule has 0 spiro atoms. The third-order valence-corrected chi connectivity index (χ3v) is 3.75. The molecule has 2 rings (SSSR count). The molecule has 0 aliphatic carbocycles. The van der Waals surface area contributed by atoms with Gasteiger partial charge in [-0.25, -0.2) is 4.39 Å². The van der Waals surface area contributed by atoms with E-state index in [1.54, 1.807) is 19.2 Å². The van der Waals surface area contributed by atoms with Crippen molar-refractivity contribution in [1.82, 2.24) is 9.78 Å². The predicted molar refractivity (Wildman–Crippen MR) is 92.0 cm³/mol. The van der Waals surface area contributed by atoms with Crippen LogP contribution in [0.2, 0.25) is 0 Å². The molecule has 0 saturated heterocycles. The summed E-state index contributed by atoms with van der Waals surface area (Å²) < 4.78 is 19.7. The molecule has 7 heteroatoms. The Bertz CT molecular complexity index is 793. The number of amides is 1. The third kappa shape index (κ3) is 4.23. The highest BCUT2D eigenvalue weighted by molar-refractivity contribution is 6.07. The zero-order valence-electron chi connectivity index (χ0n) is 15.0. The lowest BCUT2D eigenvalue weighted by atomic mass is 9.92. The number of rotatable bonds is 4. The SMILES string of the molecule is COC(=O)CN(C(=O)c1cc(C(C)(C)C)nn1C)c1cccc(F)c1. The minimum atomic E-state index is -0.601. The Balaban J connectivity index is 2.45. The summed E-state index contributed by atoms with van der Waals surface area (Å²) in [5.41, 5.74) is 1.09. The van der Waals surface area contributed by atoms with Crippen LogP contribution in [-0.4, -0.2) is 35.3 Å². The van der Waals surface area contributed by atoms with Gasteiger partial charge < -0.3 is 4.74 Å².